The average molecular weight is 216 g/mol. The summed E-state index contributed by atoms with van der Waals surface area (Å²) in [6, 6.07) is 7.29. The maximum absolute atomic E-state index is 11.8. The smallest absolute Gasteiger partial charge is 0.237 e. The summed E-state index contributed by atoms with van der Waals surface area (Å²) in [7, 11) is 0. The molecular weight excluding hydrogens is 204 g/mol. The number of rotatable bonds is 2. The molecule has 1 aromatic carbocycles. The molecule has 2 N–H and O–H groups in total. The number of imide groups is 1. The lowest BCUT2D eigenvalue weighted by atomic mass is 10.2. The molecule has 0 aromatic heterocycles. The first-order chi connectivity index (χ1) is 7.72. The van der Waals surface area contributed by atoms with E-state index in [0.29, 0.717) is 12.2 Å². The van der Waals surface area contributed by atoms with Gasteiger partial charge in [-0.25, -0.2) is 0 Å². The van der Waals surface area contributed by atoms with Gasteiger partial charge in [0.1, 0.15) is 0 Å². The summed E-state index contributed by atoms with van der Waals surface area (Å²) in [5.74, 6) is -0.198. The molecule has 0 radical (unpaired) electrons. The summed E-state index contributed by atoms with van der Waals surface area (Å²) in [4.78, 5) is 25.0. The van der Waals surface area contributed by atoms with Crippen molar-refractivity contribution in [2.24, 2.45) is 17.6 Å². The van der Waals surface area contributed by atoms with Crippen molar-refractivity contribution in [2.45, 2.75) is 13.0 Å². The van der Waals surface area contributed by atoms with Gasteiger partial charge in [0.2, 0.25) is 11.8 Å². The molecular formula is C12H12N2O2. The van der Waals surface area contributed by atoms with Crippen LogP contribution in [0.4, 0.5) is 5.69 Å². The number of hydrogen-bond acceptors (Lipinski definition) is 3. The van der Waals surface area contributed by atoms with E-state index in [1.807, 2.05) is 12.1 Å². The molecule has 2 fully saturated rings. The Morgan fingerprint density at radius 2 is 1.94 bits per heavy atom. The van der Waals surface area contributed by atoms with E-state index in [-0.39, 0.29) is 23.7 Å². The van der Waals surface area contributed by atoms with Crippen LogP contribution in [0.5, 0.6) is 0 Å². The third kappa shape index (κ3) is 1.20. The first-order valence-electron chi connectivity index (χ1n) is 5.39. The average Bonchev–Trinajstić information content (AvgIpc) is 3.05. The number of nitrogens with two attached hydrogens (primary N) is 1. The van der Waals surface area contributed by atoms with Crippen LogP contribution >= 0.6 is 0 Å². The van der Waals surface area contributed by atoms with E-state index >= 15 is 0 Å². The molecule has 4 heteroatoms. The second-order valence-corrected chi connectivity index (χ2v) is 4.33. The highest BCUT2D eigenvalue weighted by Gasteiger charge is 2.59. The predicted molar refractivity (Wildman–Crippen MR) is 58.4 cm³/mol. The Labute approximate surface area is 93.0 Å². The second-order valence-electron chi connectivity index (χ2n) is 4.33. The van der Waals surface area contributed by atoms with Crippen molar-refractivity contribution < 1.29 is 9.59 Å². The van der Waals surface area contributed by atoms with Gasteiger partial charge in [0.05, 0.1) is 17.5 Å². The predicted octanol–water partition coefficient (Wildman–Crippen LogP) is 0.655. The van der Waals surface area contributed by atoms with Gasteiger partial charge in [-0.3, -0.25) is 14.5 Å². The number of anilines is 1. The summed E-state index contributed by atoms with van der Waals surface area (Å²) in [6.07, 6.45) is 0.741. The van der Waals surface area contributed by atoms with Crippen LogP contribution in [0.15, 0.2) is 24.3 Å². The number of nitrogens with zero attached hydrogens (tertiary/aromatic N) is 1. The van der Waals surface area contributed by atoms with Crippen molar-refractivity contribution in [3.8, 4) is 0 Å². The highest BCUT2D eigenvalue weighted by Crippen LogP contribution is 2.48. The van der Waals surface area contributed by atoms with Gasteiger partial charge < -0.3 is 5.73 Å². The van der Waals surface area contributed by atoms with Crippen molar-refractivity contribution in [3.05, 3.63) is 29.8 Å². The molecule has 3 rings (SSSR count). The lowest BCUT2D eigenvalue weighted by Crippen LogP contribution is -2.32. The van der Waals surface area contributed by atoms with E-state index < -0.39 is 0 Å². The quantitative estimate of drug-likeness (QED) is 0.738. The molecule has 4 nitrogen and oxygen atoms in total. The number of carbonyl (C=O) groups excluding carboxylic acids is 2. The summed E-state index contributed by atoms with van der Waals surface area (Å²) in [6.45, 7) is 0.414. The van der Waals surface area contributed by atoms with Gasteiger partial charge in [0, 0.05) is 6.54 Å². The third-order valence-corrected chi connectivity index (χ3v) is 3.27. The van der Waals surface area contributed by atoms with Crippen LogP contribution in [-0.4, -0.2) is 11.8 Å². The zero-order valence-corrected chi connectivity index (χ0v) is 8.72. The molecule has 82 valence electrons. The molecule has 1 aliphatic carbocycles. The monoisotopic (exact) mass is 216 g/mol. The minimum Gasteiger partial charge on any atom is -0.326 e. The first kappa shape index (κ1) is 9.54. The SMILES string of the molecule is NCc1cccc(N2C(=O)C3CC3C2=O)c1. The Morgan fingerprint density at radius 3 is 2.56 bits per heavy atom. The van der Waals surface area contributed by atoms with Crippen LogP contribution in [0.1, 0.15) is 12.0 Å². The Bertz CT molecular complexity index is 464. The topological polar surface area (TPSA) is 63.4 Å². The maximum atomic E-state index is 11.8. The van der Waals surface area contributed by atoms with Crippen LogP contribution in [0, 0.1) is 11.8 Å². The van der Waals surface area contributed by atoms with E-state index in [1.54, 1.807) is 12.1 Å². The highest BCUT2D eigenvalue weighted by molar-refractivity contribution is 6.24. The summed E-state index contributed by atoms with van der Waals surface area (Å²) < 4.78 is 0. The summed E-state index contributed by atoms with van der Waals surface area (Å²) in [5.41, 5.74) is 7.12. The van der Waals surface area contributed by atoms with Gasteiger partial charge in [-0.1, -0.05) is 12.1 Å². The number of amides is 2. The van der Waals surface area contributed by atoms with Crippen molar-refractivity contribution in [2.75, 3.05) is 4.90 Å². The largest absolute Gasteiger partial charge is 0.326 e. The van der Waals surface area contributed by atoms with Gasteiger partial charge >= 0.3 is 0 Å². The van der Waals surface area contributed by atoms with Crippen LogP contribution in [0.2, 0.25) is 0 Å². The Balaban J connectivity index is 1.97. The Kier molecular flexibility index (Phi) is 1.88. The molecule has 0 spiro atoms. The molecule has 1 saturated carbocycles. The van der Waals surface area contributed by atoms with Crippen molar-refractivity contribution in [1.29, 1.82) is 0 Å². The fourth-order valence-electron chi connectivity index (χ4n) is 2.26. The molecule has 2 aliphatic rings. The fraction of sp³-hybridized carbons (Fsp3) is 0.333. The zero-order valence-electron chi connectivity index (χ0n) is 8.72. The zero-order chi connectivity index (χ0) is 11.3. The van der Waals surface area contributed by atoms with E-state index in [9.17, 15) is 9.59 Å². The van der Waals surface area contributed by atoms with Crippen molar-refractivity contribution in [1.82, 2.24) is 0 Å². The molecule has 1 heterocycles. The molecule has 1 aliphatic heterocycles. The van der Waals surface area contributed by atoms with Crippen LogP contribution < -0.4 is 10.6 Å². The Hall–Kier alpha value is -1.68. The van der Waals surface area contributed by atoms with Crippen molar-refractivity contribution >= 4 is 17.5 Å². The number of hydrogen-bond donors (Lipinski definition) is 1. The van der Waals surface area contributed by atoms with Gasteiger partial charge in [-0.05, 0) is 24.1 Å². The standard InChI is InChI=1S/C12H12N2O2/c13-6-7-2-1-3-8(4-7)14-11(15)9-5-10(9)12(14)16/h1-4,9-10H,5-6,13H2. The Morgan fingerprint density at radius 1 is 1.25 bits per heavy atom. The molecule has 16 heavy (non-hydrogen) atoms. The molecule has 2 atom stereocenters. The normalized spacial score (nSPS) is 27.2. The fourth-order valence-corrected chi connectivity index (χ4v) is 2.26. The molecule has 2 amide bonds. The lowest BCUT2D eigenvalue weighted by Gasteiger charge is -2.16. The second kappa shape index (κ2) is 3.15. The summed E-state index contributed by atoms with van der Waals surface area (Å²) in [5, 5.41) is 0. The number of carbonyl (C=O) groups is 2. The van der Waals surface area contributed by atoms with Gasteiger partial charge in [-0.2, -0.15) is 0 Å². The van der Waals surface area contributed by atoms with Crippen LogP contribution in [-0.2, 0) is 16.1 Å². The van der Waals surface area contributed by atoms with E-state index in [4.69, 9.17) is 5.73 Å². The molecule has 0 bridgehead atoms. The van der Waals surface area contributed by atoms with Gasteiger partial charge in [0.15, 0.2) is 0 Å². The van der Waals surface area contributed by atoms with Crippen LogP contribution in [0.25, 0.3) is 0 Å². The lowest BCUT2D eigenvalue weighted by molar-refractivity contribution is -0.123. The van der Waals surface area contributed by atoms with E-state index in [1.165, 1.54) is 4.90 Å². The third-order valence-electron chi connectivity index (χ3n) is 3.27. The van der Waals surface area contributed by atoms with E-state index in [0.717, 1.165) is 12.0 Å². The van der Waals surface area contributed by atoms with Crippen molar-refractivity contribution in [3.63, 3.8) is 0 Å². The number of benzene rings is 1. The minimum absolute atomic E-state index is 0.0472. The molecule has 2 unspecified atom stereocenters. The molecule has 1 aromatic rings. The van der Waals surface area contributed by atoms with Crippen LogP contribution in [0.3, 0.4) is 0 Å². The highest BCUT2D eigenvalue weighted by atomic mass is 16.2. The minimum atomic E-state index is -0.0517. The number of fused-ring (bicyclic) bond motifs is 1. The molecule has 1 saturated heterocycles. The van der Waals surface area contributed by atoms with Gasteiger partial charge in [-0.15, -0.1) is 0 Å². The van der Waals surface area contributed by atoms with Gasteiger partial charge in [0.25, 0.3) is 0 Å². The number of piperidine rings is 1. The summed E-state index contributed by atoms with van der Waals surface area (Å²) >= 11 is 0. The first-order valence-corrected chi connectivity index (χ1v) is 5.39. The maximum Gasteiger partial charge on any atom is 0.237 e. The van der Waals surface area contributed by atoms with E-state index in [2.05, 4.69) is 0 Å².